The highest BCUT2D eigenvalue weighted by molar-refractivity contribution is 5.91. The molecule has 210 valence electrons. The van der Waals surface area contributed by atoms with Crippen LogP contribution in [0.5, 0.6) is 0 Å². The number of benzene rings is 1. The molecule has 0 spiro atoms. The molecule has 39 heavy (non-hydrogen) atoms. The minimum atomic E-state index is -0.510. The molecular weight excluding hydrogens is 499 g/mol. The molecule has 0 radical (unpaired) electrons. The van der Waals surface area contributed by atoms with E-state index in [2.05, 4.69) is 15.0 Å². The van der Waals surface area contributed by atoms with E-state index in [1.807, 2.05) is 0 Å². The Hall–Kier alpha value is -3.00. The van der Waals surface area contributed by atoms with E-state index < -0.39 is 11.9 Å². The molecule has 2 aromatic rings. The van der Waals surface area contributed by atoms with Crippen molar-refractivity contribution in [1.29, 1.82) is 0 Å². The van der Waals surface area contributed by atoms with E-state index in [0.717, 1.165) is 38.0 Å². The number of hydrogen-bond acceptors (Lipinski definition) is 6. The van der Waals surface area contributed by atoms with Gasteiger partial charge in [0.1, 0.15) is 12.1 Å². The first-order valence-electron chi connectivity index (χ1n) is 14.5. The first kappa shape index (κ1) is 27.6. The third-order valence-electron chi connectivity index (χ3n) is 8.62. The van der Waals surface area contributed by atoms with Crippen LogP contribution >= 0.6 is 0 Å². The van der Waals surface area contributed by atoms with Gasteiger partial charge in [-0.15, -0.1) is 0 Å². The number of carbonyl (C=O) groups excluding carboxylic acids is 2. The third kappa shape index (κ3) is 6.78. The topological polar surface area (TPSA) is 90.7 Å². The lowest BCUT2D eigenvalue weighted by Crippen LogP contribution is -2.27. The number of fused-ring (bicyclic) bond motifs is 2. The van der Waals surface area contributed by atoms with E-state index in [-0.39, 0.29) is 35.5 Å². The molecule has 3 unspecified atom stereocenters. The van der Waals surface area contributed by atoms with Crippen molar-refractivity contribution in [3.05, 3.63) is 59.1 Å². The van der Waals surface area contributed by atoms with Crippen LogP contribution in [-0.2, 0) is 14.3 Å². The molecule has 8 heteroatoms. The number of nitrogens with one attached hydrogen (secondary N) is 1. The summed E-state index contributed by atoms with van der Waals surface area (Å²) >= 11 is 0. The van der Waals surface area contributed by atoms with Crippen molar-refractivity contribution in [1.82, 2.24) is 10.3 Å². The number of halogens is 1. The summed E-state index contributed by atoms with van der Waals surface area (Å²) < 4.78 is 31.9. The predicted octanol–water partition coefficient (Wildman–Crippen LogP) is 6.18. The molecule has 3 heterocycles. The molecule has 3 aliphatic rings. The van der Waals surface area contributed by atoms with Crippen molar-refractivity contribution >= 4 is 18.0 Å². The highest BCUT2D eigenvalue weighted by Crippen LogP contribution is 2.48. The van der Waals surface area contributed by atoms with E-state index in [9.17, 15) is 9.59 Å². The summed E-state index contributed by atoms with van der Waals surface area (Å²) in [4.78, 5) is 29.0. The fraction of sp³-hybridized carbons (Fsp3) is 0.581. The Balaban J connectivity index is 1.28. The highest BCUT2D eigenvalue weighted by atomic mass is 19.1. The number of rotatable bonds is 11. The number of methoxy groups -OCH3 is 1. The lowest BCUT2D eigenvalue weighted by molar-refractivity contribution is -0.134. The van der Waals surface area contributed by atoms with Gasteiger partial charge in [-0.2, -0.15) is 0 Å². The quantitative estimate of drug-likeness (QED) is 0.209. The summed E-state index contributed by atoms with van der Waals surface area (Å²) in [5, 5.41) is 2.97. The number of unbranched alkanes of at least 4 members (excludes halogenated alkanes) is 1. The van der Waals surface area contributed by atoms with Gasteiger partial charge >= 0.3 is 5.97 Å². The Labute approximate surface area is 229 Å². The lowest BCUT2D eigenvalue weighted by Gasteiger charge is -2.27. The molecule has 2 bridgehead atoms. The summed E-state index contributed by atoms with van der Waals surface area (Å²) in [6, 6.07) is 4.70. The number of esters is 1. The van der Waals surface area contributed by atoms with E-state index in [0.29, 0.717) is 23.6 Å². The average molecular weight is 539 g/mol. The second kappa shape index (κ2) is 12.9. The third-order valence-corrected chi connectivity index (χ3v) is 8.62. The van der Waals surface area contributed by atoms with Crippen LogP contribution in [0.15, 0.2) is 35.0 Å². The first-order valence-corrected chi connectivity index (χ1v) is 14.5. The standard InChI is InChI=1S/C31H39FN2O5/c1-37-28(35)15-11-21-10-13-25(32)23(17-21)29(24-18-22-12-14-27(24)39-22)31-34-26(19-38-31)30(36)33-16-6-5-9-20-7-3-2-4-8-20/h10-11,13,15,17,19-20,22,24,27,29H,2-9,12,14,16,18H2,1H3,(H,33,36)/t22?,24-,27?,29?/m0/s1. The number of amides is 1. The fourth-order valence-corrected chi connectivity index (χ4v) is 6.57. The Bertz CT molecular complexity index is 1170. The van der Waals surface area contributed by atoms with Gasteiger partial charge in [-0.05, 0) is 55.4 Å². The van der Waals surface area contributed by atoms with Crippen LogP contribution in [0.4, 0.5) is 4.39 Å². The smallest absolute Gasteiger partial charge is 0.330 e. The molecular formula is C31H39FN2O5. The molecule has 1 amide bonds. The van der Waals surface area contributed by atoms with E-state index in [1.165, 1.54) is 64.0 Å². The summed E-state index contributed by atoms with van der Waals surface area (Å²) in [6.45, 7) is 0.598. The summed E-state index contributed by atoms with van der Waals surface area (Å²) in [5.41, 5.74) is 1.27. The maximum absolute atomic E-state index is 15.3. The van der Waals surface area contributed by atoms with Gasteiger partial charge in [-0.25, -0.2) is 14.2 Å². The predicted molar refractivity (Wildman–Crippen MR) is 145 cm³/mol. The molecule has 1 aliphatic carbocycles. The Kier molecular flexibility index (Phi) is 9.12. The van der Waals surface area contributed by atoms with Gasteiger partial charge in [0, 0.05) is 24.1 Å². The molecule has 4 atom stereocenters. The monoisotopic (exact) mass is 538 g/mol. The van der Waals surface area contributed by atoms with E-state index in [1.54, 1.807) is 18.2 Å². The van der Waals surface area contributed by atoms with Gasteiger partial charge < -0.3 is 19.2 Å². The molecule has 1 aromatic carbocycles. The number of aromatic nitrogens is 1. The van der Waals surface area contributed by atoms with Crippen LogP contribution < -0.4 is 5.32 Å². The van der Waals surface area contributed by atoms with Gasteiger partial charge in [0.05, 0.1) is 25.2 Å². The summed E-state index contributed by atoms with van der Waals surface area (Å²) in [5.74, 6) is -0.533. The van der Waals surface area contributed by atoms with Crippen LogP contribution in [0.1, 0.15) is 104 Å². The Morgan fingerprint density at radius 1 is 1.18 bits per heavy atom. The van der Waals surface area contributed by atoms with E-state index in [4.69, 9.17) is 9.15 Å². The zero-order valence-corrected chi connectivity index (χ0v) is 22.7. The number of ether oxygens (including phenoxy) is 2. The largest absolute Gasteiger partial charge is 0.466 e. The van der Waals surface area contributed by atoms with Crippen molar-refractivity contribution in [3.63, 3.8) is 0 Å². The lowest BCUT2D eigenvalue weighted by atomic mass is 9.76. The number of oxazole rings is 1. The van der Waals surface area contributed by atoms with Gasteiger partial charge in [-0.3, -0.25) is 4.79 Å². The second-order valence-corrected chi connectivity index (χ2v) is 11.2. The zero-order valence-electron chi connectivity index (χ0n) is 22.7. The fourth-order valence-electron chi connectivity index (χ4n) is 6.57. The van der Waals surface area contributed by atoms with Crippen molar-refractivity contribution in [2.75, 3.05) is 13.7 Å². The van der Waals surface area contributed by atoms with Crippen LogP contribution in [0.2, 0.25) is 0 Å². The molecule has 5 rings (SSSR count). The van der Waals surface area contributed by atoms with Crippen molar-refractivity contribution in [2.24, 2.45) is 11.8 Å². The highest BCUT2D eigenvalue weighted by Gasteiger charge is 2.47. The molecule has 7 nitrogen and oxygen atoms in total. The minimum absolute atomic E-state index is 0.0120. The minimum Gasteiger partial charge on any atom is -0.466 e. The van der Waals surface area contributed by atoms with E-state index >= 15 is 4.39 Å². The zero-order chi connectivity index (χ0) is 27.2. The molecule has 2 saturated heterocycles. The molecule has 2 aliphatic heterocycles. The van der Waals surface area contributed by atoms with Crippen molar-refractivity contribution in [3.8, 4) is 0 Å². The van der Waals surface area contributed by atoms with Gasteiger partial charge in [0.2, 0.25) is 5.89 Å². The Morgan fingerprint density at radius 2 is 2.03 bits per heavy atom. The SMILES string of the molecule is COC(=O)C=Cc1ccc(F)c(C(c2nc(C(=O)NCCCCC3CCCCC3)co2)[C@H]2CC3CCC2O3)c1. The van der Waals surface area contributed by atoms with Crippen LogP contribution in [0.25, 0.3) is 6.08 Å². The van der Waals surface area contributed by atoms with Crippen molar-refractivity contribution in [2.45, 2.75) is 88.8 Å². The molecule has 1 aromatic heterocycles. The maximum atomic E-state index is 15.3. The summed E-state index contributed by atoms with van der Waals surface area (Å²) in [7, 11) is 1.31. The molecule has 3 fully saturated rings. The average Bonchev–Trinajstić information content (AvgIpc) is 3.72. The first-order chi connectivity index (χ1) is 19.0. The number of hydrogen-bond donors (Lipinski definition) is 1. The van der Waals surface area contributed by atoms with Crippen molar-refractivity contribution < 1.29 is 27.9 Å². The number of nitrogens with zero attached hydrogens (tertiary/aromatic N) is 1. The van der Waals surface area contributed by atoms with Crippen LogP contribution in [0, 0.1) is 17.7 Å². The summed E-state index contributed by atoms with van der Waals surface area (Å²) in [6.07, 6.45) is 17.1. The second-order valence-electron chi connectivity index (χ2n) is 11.2. The normalized spacial score (nSPS) is 23.8. The molecule has 1 N–H and O–H groups in total. The number of carbonyl (C=O) groups is 2. The van der Waals surface area contributed by atoms with Gasteiger partial charge in [-0.1, -0.05) is 51.0 Å². The van der Waals surface area contributed by atoms with Crippen LogP contribution in [0.3, 0.4) is 0 Å². The Morgan fingerprint density at radius 3 is 2.77 bits per heavy atom. The van der Waals surface area contributed by atoms with Gasteiger partial charge in [0.15, 0.2) is 5.69 Å². The maximum Gasteiger partial charge on any atom is 0.330 e. The van der Waals surface area contributed by atoms with Crippen LogP contribution in [-0.4, -0.2) is 42.7 Å². The molecule has 1 saturated carbocycles. The van der Waals surface area contributed by atoms with Gasteiger partial charge in [0.25, 0.3) is 5.91 Å².